The fraction of sp³-hybridized carbons (Fsp3) is 0.400. The molecule has 1 heterocycles. The molecule has 0 saturated carbocycles. The van der Waals surface area contributed by atoms with Crippen LogP contribution in [-0.2, 0) is 13.0 Å². The van der Waals surface area contributed by atoms with Crippen molar-refractivity contribution in [2.45, 2.75) is 38.8 Å². The SMILES string of the molecule is CCn1cc(CCCC(O)c2ccccc2)cn1. The molecule has 1 aromatic heterocycles. The van der Waals surface area contributed by atoms with Crippen molar-refractivity contribution in [3.63, 3.8) is 0 Å². The molecule has 3 heteroatoms. The third-order valence-electron chi connectivity index (χ3n) is 3.14. The number of benzene rings is 1. The molecular formula is C15H20N2O. The van der Waals surface area contributed by atoms with Crippen LogP contribution in [0.1, 0.15) is 37.0 Å². The maximum Gasteiger partial charge on any atom is 0.0790 e. The lowest BCUT2D eigenvalue weighted by molar-refractivity contribution is 0.164. The summed E-state index contributed by atoms with van der Waals surface area (Å²) in [5.74, 6) is 0. The standard InChI is InChI=1S/C15H20N2O/c1-2-17-12-13(11-16-17)7-6-10-15(18)14-8-4-3-5-9-14/h3-5,8-9,11-12,15,18H,2,6-7,10H2,1H3. The number of aliphatic hydroxyl groups is 1. The Kier molecular flexibility index (Phi) is 4.53. The lowest BCUT2D eigenvalue weighted by atomic mass is 10.0. The number of hydrogen-bond acceptors (Lipinski definition) is 2. The Hall–Kier alpha value is -1.61. The number of rotatable bonds is 6. The van der Waals surface area contributed by atoms with E-state index in [1.54, 1.807) is 0 Å². The highest BCUT2D eigenvalue weighted by Crippen LogP contribution is 2.18. The normalized spacial score (nSPS) is 12.6. The quantitative estimate of drug-likeness (QED) is 0.848. The maximum atomic E-state index is 10.0. The maximum absolute atomic E-state index is 10.0. The lowest BCUT2D eigenvalue weighted by Crippen LogP contribution is -1.98. The molecule has 0 aliphatic heterocycles. The number of aliphatic hydroxyl groups excluding tert-OH is 1. The number of nitrogens with zero attached hydrogens (tertiary/aromatic N) is 2. The molecule has 0 amide bonds. The first-order valence-corrected chi connectivity index (χ1v) is 6.54. The highest BCUT2D eigenvalue weighted by molar-refractivity contribution is 5.17. The van der Waals surface area contributed by atoms with Gasteiger partial charge in [-0.05, 0) is 37.3 Å². The molecule has 0 fully saturated rings. The Morgan fingerprint density at radius 2 is 2.06 bits per heavy atom. The van der Waals surface area contributed by atoms with E-state index in [1.165, 1.54) is 5.56 Å². The van der Waals surface area contributed by atoms with Gasteiger partial charge in [0.25, 0.3) is 0 Å². The molecule has 3 nitrogen and oxygen atoms in total. The smallest absolute Gasteiger partial charge is 0.0790 e. The summed E-state index contributed by atoms with van der Waals surface area (Å²) in [6.07, 6.45) is 6.39. The molecule has 2 aromatic rings. The van der Waals surface area contributed by atoms with Crippen molar-refractivity contribution in [2.75, 3.05) is 0 Å². The Morgan fingerprint density at radius 1 is 1.28 bits per heavy atom. The Morgan fingerprint density at radius 3 is 2.72 bits per heavy atom. The fourth-order valence-corrected chi connectivity index (χ4v) is 2.05. The van der Waals surface area contributed by atoms with Gasteiger partial charge in [-0.1, -0.05) is 30.3 Å². The van der Waals surface area contributed by atoms with Gasteiger partial charge in [0.2, 0.25) is 0 Å². The van der Waals surface area contributed by atoms with Crippen LogP contribution in [0.5, 0.6) is 0 Å². The summed E-state index contributed by atoms with van der Waals surface area (Å²) in [6, 6.07) is 9.84. The summed E-state index contributed by atoms with van der Waals surface area (Å²) in [7, 11) is 0. The molecule has 0 aliphatic carbocycles. The second kappa shape index (κ2) is 6.36. The van der Waals surface area contributed by atoms with Crippen molar-refractivity contribution in [3.05, 3.63) is 53.9 Å². The molecule has 1 unspecified atom stereocenters. The molecule has 1 aromatic carbocycles. The van der Waals surface area contributed by atoms with E-state index in [1.807, 2.05) is 41.2 Å². The van der Waals surface area contributed by atoms with Crippen LogP contribution in [0.3, 0.4) is 0 Å². The van der Waals surface area contributed by atoms with Gasteiger partial charge < -0.3 is 5.11 Å². The number of aryl methyl sites for hydroxylation is 2. The van der Waals surface area contributed by atoms with Crippen LogP contribution in [0.25, 0.3) is 0 Å². The van der Waals surface area contributed by atoms with E-state index in [-0.39, 0.29) is 6.10 Å². The van der Waals surface area contributed by atoms with Crippen LogP contribution in [0.2, 0.25) is 0 Å². The first-order chi connectivity index (χ1) is 8.79. The van der Waals surface area contributed by atoms with Gasteiger partial charge in [-0.2, -0.15) is 5.10 Å². The summed E-state index contributed by atoms with van der Waals surface area (Å²) >= 11 is 0. The van der Waals surface area contributed by atoms with Gasteiger partial charge >= 0.3 is 0 Å². The van der Waals surface area contributed by atoms with Gasteiger partial charge in [-0.3, -0.25) is 4.68 Å². The third-order valence-corrected chi connectivity index (χ3v) is 3.14. The van der Waals surface area contributed by atoms with Gasteiger partial charge in [0.1, 0.15) is 0 Å². The van der Waals surface area contributed by atoms with Crippen LogP contribution in [-0.4, -0.2) is 14.9 Å². The number of aromatic nitrogens is 2. The summed E-state index contributed by atoms with van der Waals surface area (Å²) < 4.78 is 1.93. The zero-order chi connectivity index (χ0) is 12.8. The van der Waals surface area contributed by atoms with E-state index in [0.29, 0.717) is 0 Å². The Balaban J connectivity index is 1.78. The van der Waals surface area contributed by atoms with Crippen LogP contribution >= 0.6 is 0 Å². The van der Waals surface area contributed by atoms with E-state index in [4.69, 9.17) is 0 Å². The van der Waals surface area contributed by atoms with Crippen molar-refractivity contribution in [3.8, 4) is 0 Å². The van der Waals surface area contributed by atoms with E-state index >= 15 is 0 Å². The molecule has 0 radical (unpaired) electrons. The minimum Gasteiger partial charge on any atom is -0.388 e. The second-order valence-electron chi connectivity index (χ2n) is 4.52. The Labute approximate surface area is 108 Å². The number of hydrogen-bond donors (Lipinski definition) is 1. The summed E-state index contributed by atoms with van der Waals surface area (Å²) in [5, 5.41) is 14.3. The molecule has 0 saturated heterocycles. The zero-order valence-corrected chi connectivity index (χ0v) is 10.8. The van der Waals surface area contributed by atoms with Crippen LogP contribution in [0, 0.1) is 0 Å². The van der Waals surface area contributed by atoms with Crippen molar-refractivity contribution >= 4 is 0 Å². The van der Waals surface area contributed by atoms with E-state index in [9.17, 15) is 5.11 Å². The van der Waals surface area contributed by atoms with E-state index < -0.39 is 0 Å². The molecule has 18 heavy (non-hydrogen) atoms. The molecule has 0 bridgehead atoms. The average Bonchev–Trinajstić information content (AvgIpc) is 2.87. The zero-order valence-electron chi connectivity index (χ0n) is 10.8. The van der Waals surface area contributed by atoms with E-state index in [2.05, 4.69) is 18.2 Å². The summed E-state index contributed by atoms with van der Waals surface area (Å²) in [4.78, 5) is 0. The van der Waals surface area contributed by atoms with E-state index in [0.717, 1.165) is 31.4 Å². The van der Waals surface area contributed by atoms with Gasteiger partial charge in [-0.25, -0.2) is 0 Å². The first-order valence-electron chi connectivity index (χ1n) is 6.54. The molecule has 1 atom stereocenters. The highest BCUT2D eigenvalue weighted by atomic mass is 16.3. The van der Waals surface area contributed by atoms with Gasteiger partial charge in [0.15, 0.2) is 0 Å². The van der Waals surface area contributed by atoms with Crippen LogP contribution in [0.15, 0.2) is 42.7 Å². The monoisotopic (exact) mass is 244 g/mol. The highest BCUT2D eigenvalue weighted by Gasteiger charge is 2.06. The molecular weight excluding hydrogens is 224 g/mol. The predicted molar refractivity (Wildman–Crippen MR) is 72.2 cm³/mol. The van der Waals surface area contributed by atoms with Crippen molar-refractivity contribution in [2.24, 2.45) is 0 Å². The topological polar surface area (TPSA) is 38.0 Å². The molecule has 0 aliphatic rings. The molecule has 1 N–H and O–H groups in total. The lowest BCUT2D eigenvalue weighted by Gasteiger charge is -2.09. The van der Waals surface area contributed by atoms with Gasteiger partial charge in [-0.15, -0.1) is 0 Å². The van der Waals surface area contributed by atoms with Gasteiger partial charge in [0.05, 0.1) is 12.3 Å². The van der Waals surface area contributed by atoms with Crippen molar-refractivity contribution in [1.29, 1.82) is 0 Å². The molecule has 0 spiro atoms. The largest absolute Gasteiger partial charge is 0.388 e. The van der Waals surface area contributed by atoms with Gasteiger partial charge in [0, 0.05) is 12.7 Å². The first kappa shape index (κ1) is 12.8. The second-order valence-corrected chi connectivity index (χ2v) is 4.52. The third kappa shape index (κ3) is 3.44. The Bertz CT molecular complexity index is 464. The molecule has 96 valence electrons. The van der Waals surface area contributed by atoms with Crippen LogP contribution < -0.4 is 0 Å². The summed E-state index contributed by atoms with van der Waals surface area (Å²) in [5.41, 5.74) is 2.25. The fourth-order valence-electron chi connectivity index (χ4n) is 2.05. The van der Waals surface area contributed by atoms with Crippen LogP contribution in [0.4, 0.5) is 0 Å². The summed E-state index contributed by atoms with van der Waals surface area (Å²) in [6.45, 7) is 2.99. The molecule has 2 rings (SSSR count). The minimum atomic E-state index is -0.354. The average molecular weight is 244 g/mol. The van der Waals surface area contributed by atoms with Crippen molar-refractivity contribution in [1.82, 2.24) is 9.78 Å². The minimum absolute atomic E-state index is 0.354. The predicted octanol–water partition coefficient (Wildman–Crippen LogP) is 2.96. The van der Waals surface area contributed by atoms with Crippen molar-refractivity contribution < 1.29 is 5.11 Å².